The van der Waals surface area contributed by atoms with Crippen molar-refractivity contribution in [2.75, 3.05) is 13.1 Å². The maximum Gasteiger partial charge on any atom is 0.246 e. The number of amides is 3. The summed E-state index contributed by atoms with van der Waals surface area (Å²) in [6.07, 6.45) is 6.05. The molecule has 4 atom stereocenters. The fourth-order valence-electron chi connectivity index (χ4n) is 6.85. The van der Waals surface area contributed by atoms with Crippen LogP contribution in [0.15, 0.2) is 54.6 Å². The molecular formula is C35H45N3O4. The average Bonchev–Trinajstić information content (AvgIpc) is 3.66. The van der Waals surface area contributed by atoms with Crippen LogP contribution in [0.2, 0.25) is 0 Å². The number of ketones is 1. The Balaban J connectivity index is 1.42. The summed E-state index contributed by atoms with van der Waals surface area (Å²) in [6, 6.07) is 16.7. The standard InChI is InChI=1S/C35H45N3O4/c1-24(2)12-13-25-14-16-27(17-15-25)20-28-22-30(39)23-29(21-26-8-4-3-5-9-26)36-33(40)31-10-6-18-37(31)35(42)32-11-7-19-38(32)34(28)41/h3-5,8-9,14-17,24,28-29,31-32H,6-7,10-13,18-23H2,1-2H3,(H,36,40)/t28-,29+,31+,32+/m1/s1. The summed E-state index contributed by atoms with van der Waals surface area (Å²) in [5.41, 5.74) is 3.33. The first-order chi connectivity index (χ1) is 20.3. The molecule has 3 aliphatic rings. The SMILES string of the molecule is CC(C)CCc1ccc(C[C@@H]2CC(=O)C[C@H](Cc3ccccc3)NC(=O)[C@@H]3CCCN3C(=O)[C@@H]3CCCN3C2=O)cc1. The molecule has 0 saturated carbocycles. The van der Waals surface area contributed by atoms with Gasteiger partial charge in [0.05, 0.1) is 0 Å². The predicted octanol–water partition coefficient (Wildman–Crippen LogP) is 4.51. The molecule has 0 bridgehead atoms. The van der Waals surface area contributed by atoms with Gasteiger partial charge in [0.25, 0.3) is 0 Å². The fourth-order valence-corrected chi connectivity index (χ4v) is 6.85. The highest BCUT2D eigenvalue weighted by Gasteiger charge is 2.44. The molecule has 3 saturated heterocycles. The van der Waals surface area contributed by atoms with E-state index in [-0.39, 0.29) is 36.3 Å². The molecular weight excluding hydrogens is 526 g/mol. The van der Waals surface area contributed by atoms with E-state index in [1.54, 1.807) is 9.80 Å². The van der Waals surface area contributed by atoms with Gasteiger partial charge in [0.2, 0.25) is 17.7 Å². The van der Waals surface area contributed by atoms with E-state index in [1.165, 1.54) is 5.56 Å². The van der Waals surface area contributed by atoms with Crippen molar-refractivity contribution < 1.29 is 19.2 Å². The molecule has 3 amide bonds. The topological polar surface area (TPSA) is 86.8 Å². The van der Waals surface area contributed by atoms with Gasteiger partial charge in [0.15, 0.2) is 0 Å². The lowest BCUT2D eigenvalue weighted by Crippen LogP contribution is -2.54. The highest BCUT2D eigenvalue weighted by Crippen LogP contribution is 2.29. The minimum Gasteiger partial charge on any atom is -0.351 e. The molecule has 0 unspecified atom stereocenters. The van der Waals surface area contributed by atoms with Gasteiger partial charge in [-0.3, -0.25) is 19.2 Å². The van der Waals surface area contributed by atoms with E-state index in [9.17, 15) is 19.2 Å². The number of nitrogens with one attached hydrogen (secondary N) is 1. The van der Waals surface area contributed by atoms with Crippen LogP contribution >= 0.6 is 0 Å². The minimum absolute atomic E-state index is 0.0345. The van der Waals surface area contributed by atoms with Crippen LogP contribution in [0.1, 0.15) is 75.5 Å². The molecule has 7 heteroatoms. The third kappa shape index (κ3) is 7.29. The Hall–Kier alpha value is -3.48. The van der Waals surface area contributed by atoms with Crippen LogP contribution in [0, 0.1) is 11.8 Å². The smallest absolute Gasteiger partial charge is 0.246 e. The summed E-state index contributed by atoms with van der Waals surface area (Å²) < 4.78 is 0. The van der Waals surface area contributed by atoms with Gasteiger partial charge in [0.1, 0.15) is 17.9 Å². The van der Waals surface area contributed by atoms with E-state index in [2.05, 4.69) is 43.4 Å². The van der Waals surface area contributed by atoms with Gasteiger partial charge < -0.3 is 15.1 Å². The first-order valence-corrected chi connectivity index (χ1v) is 15.8. The first kappa shape index (κ1) is 30.0. The summed E-state index contributed by atoms with van der Waals surface area (Å²) >= 11 is 0. The molecule has 1 N–H and O–H groups in total. The van der Waals surface area contributed by atoms with Crippen molar-refractivity contribution in [2.45, 2.75) is 96.2 Å². The molecule has 3 aliphatic heterocycles. The van der Waals surface area contributed by atoms with Gasteiger partial charge in [-0.2, -0.15) is 0 Å². The number of carbonyl (C=O) groups excluding carboxylic acids is 4. The average molecular weight is 572 g/mol. The molecule has 7 nitrogen and oxygen atoms in total. The number of nitrogens with zero attached hydrogens (tertiary/aromatic N) is 2. The van der Waals surface area contributed by atoms with Crippen molar-refractivity contribution in [3.8, 4) is 0 Å². The number of Topliss-reactive ketones (excluding diaryl/α,β-unsaturated/α-hetero) is 1. The van der Waals surface area contributed by atoms with Gasteiger partial charge in [0, 0.05) is 37.9 Å². The summed E-state index contributed by atoms with van der Waals surface area (Å²) in [4.78, 5) is 58.5. The molecule has 2 aromatic rings. The monoisotopic (exact) mass is 571 g/mol. The lowest BCUT2D eigenvalue weighted by atomic mass is 9.89. The van der Waals surface area contributed by atoms with Crippen molar-refractivity contribution in [1.82, 2.24) is 15.1 Å². The lowest BCUT2D eigenvalue weighted by molar-refractivity contribution is -0.148. The number of hydrogen-bond donors (Lipinski definition) is 1. The molecule has 2 aromatic carbocycles. The van der Waals surface area contributed by atoms with E-state index in [1.807, 2.05) is 30.3 Å². The van der Waals surface area contributed by atoms with Crippen LogP contribution in [0.4, 0.5) is 0 Å². The number of rotatable bonds is 7. The zero-order valence-electron chi connectivity index (χ0n) is 25.1. The second kappa shape index (κ2) is 13.7. The summed E-state index contributed by atoms with van der Waals surface area (Å²) in [5.74, 6) is -0.382. The van der Waals surface area contributed by atoms with Crippen molar-refractivity contribution in [1.29, 1.82) is 0 Å². The number of carbonyl (C=O) groups is 4. The lowest BCUT2D eigenvalue weighted by Gasteiger charge is -2.32. The molecule has 3 fully saturated rings. The van der Waals surface area contributed by atoms with Crippen LogP contribution in [0.3, 0.4) is 0 Å². The number of hydrogen-bond acceptors (Lipinski definition) is 4. The number of benzene rings is 2. The van der Waals surface area contributed by atoms with Crippen LogP contribution < -0.4 is 5.32 Å². The van der Waals surface area contributed by atoms with Crippen LogP contribution in [-0.2, 0) is 38.4 Å². The molecule has 5 rings (SSSR count). The Kier molecular flexibility index (Phi) is 9.76. The molecule has 42 heavy (non-hydrogen) atoms. The van der Waals surface area contributed by atoms with E-state index in [0.717, 1.165) is 36.8 Å². The zero-order chi connectivity index (χ0) is 29.6. The quantitative estimate of drug-likeness (QED) is 0.530. The fraction of sp³-hybridized carbons (Fsp3) is 0.543. The zero-order valence-corrected chi connectivity index (χ0v) is 25.1. The van der Waals surface area contributed by atoms with Crippen molar-refractivity contribution in [2.24, 2.45) is 11.8 Å². The Morgan fingerprint density at radius 1 is 0.738 bits per heavy atom. The van der Waals surface area contributed by atoms with Crippen molar-refractivity contribution in [3.63, 3.8) is 0 Å². The maximum atomic E-state index is 14.1. The van der Waals surface area contributed by atoms with Gasteiger partial charge in [-0.15, -0.1) is 0 Å². The molecule has 3 heterocycles. The second-order valence-electron chi connectivity index (χ2n) is 12.9. The summed E-state index contributed by atoms with van der Waals surface area (Å²) in [7, 11) is 0. The summed E-state index contributed by atoms with van der Waals surface area (Å²) in [6.45, 7) is 5.47. The van der Waals surface area contributed by atoms with Crippen LogP contribution in [0.5, 0.6) is 0 Å². The summed E-state index contributed by atoms with van der Waals surface area (Å²) in [5, 5.41) is 3.14. The van der Waals surface area contributed by atoms with Crippen LogP contribution in [-0.4, -0.2) is 64.5 Å². The third-order valence-electron chi connectivity index (χ3n) is 9.14. The molecule has 0 radical (unpaired) electrons. The number of aryl methyl sites for hydroxylation is 1. The number of fused-ring (bicyclic) bond motifs is 2. The van der Waals surface area contributed by atoms with Crippen LogP contribution in [0.25, 0.3) is 0 Å². The normalized spacial score (nSPS) is 25.5. The Morgan fingerprint density at radius 2 is 1.36 bits per heavy atom. The Labute approximate surface area is 250 Å². The van der Waals surface area contributed by atoms with Gasteiger partial charge >= 0.3 is 0 Å². The van der Waals surface area contributed by atoms with Crippen molar-refractivity contribution in [3.05, 3.63) is 71.3 Å². The largest absolute Gasteiger partial charge is 0.351 e. The van der Waals surface area contributed by atoms with E-state index in [4.69, 9.17) is 0 Å². The first-order valence-electron chi connectivity index (χ1n) is 15.8. The third-order valence-corrected chi connectivity index (χ3v) is 9.14. The van der Waals surface area contributed by atoms with Crippen molar-refractivity contribution >= 4 is 23.5 Å². The molecule has 0 aromatic heterocycles. The predicted molar refractivity (Wildman–Crippen MR) is 163 cm³/mol. The second-order valence-corrected chi connectivity index (χ2v) is 12.9. The van der Waals surface area contributed by atoms with E-state index >= 15 is 0 Å². The Bertz CT molecular complexity index is 1260. The van der Waals surface area contributed by atoms with E-state index in [0.29, 0.717) is 44.7 Å². The molecule has 224 valence electrons. The molecule has 0 spiro atoms. The van der Waals surface area contributed by atoms with Gasteiger partial charge in [-0.05, 0) is 74.0 Å². The molecule has 0 aliphatic carbocycles. The van der Waals surface area contributed by atoms with Gasteiger partial charge in [-0.25, -0.2) is 0 Å². The van der Waals surface area contributed by atoms with Gasteiger partial charge in [-0.1, -0.05) is 68.4 Å². The minimum atomic E-state index is -0.567. The highest BCUT2D eigenvalue weighted by molar-refractivity contribution is 5.95. The Morgan fingerprint density at radius 3 is 2.05 bits per heavy atom. The highest BCUT2D eigenvalue weighted by atomic mass is 16.2. The maximum absolute atomic E-state index is 14.1. The van der Waals surface area contributed by atoms with E-state index < -0.39 is 24.0 Å².